The molecular weight excluding hydrogens is 368 g/mol. The number of benzene rings is 2. The summed E-state index contributed by atoms with van der Waals surface area (Å²) < 4.78 is 15.9. The van der Waals surface area contributed by atoms with Crippen LogP contribution in [0.3, 0.4) is 0 Å². The summed E-state index contributed by atoms with van der Waals surface area (Å²) in [4.78, 5) is 22.4. The molecule has 0 saturated carbocycles. The van der Waals surface area contributed by atoms with Crippen molar-refractivity contribution in [1.82, 2.24) is 0 Å². The molecular formula is C24H18O5. The van der Waals surface area contributed by atoms with Crippen LogP contribution in [0.15, 0.2) is 90.4 Å². The maximum atomic E-state index is 11.2. The second kappa shape index (κ2) is 9.19. The molecule has 29 heavy (non-hydrogen) atoms. The maximum Gasteiger partial charge on any atom is 0.335 e. The Labute approximate surface area is 168 Å². The molecule has 0 amide bonds. The van der Waals surface area contributed by atoms with Gasteiger partial charge in [0.2, 0.25) is 0 Å². The number of hydrogen-bond acceptors (Lipinski definition) is 5. The zero-order valence-electron chi connectivity index (χ0n) is 15.5. The van der Waals surface area contributed by atoms with Crippen LogP contribution < -0.4 is 9.47 Å². The lowest BCUT2D eigenvalue weighted by molar-refractivity contribution is -0.129. The molecule has 0 atom stereocenters. The molecule has 0 aliphatic heterocycles. The quantitative estimate of drug-likeness (QED) is 0.313. The Hall–Kier alpha value is -4.12. The first-order chi connectivity index (χ1) is 14.1. The van der Waals surface area contributed by atoms with Crippen LogP contribution in [0.25, 0.3) is 23.5 Å². The maximum absolute atomic E-state index is 11.2. The minimum absolute atomic E-state index is 0.438. The van der Waals surface area contributed by atoms with Crippen molar-refractivity contribution < 1.29 is 23.5 Å². The Morgan fingerprint density at radius 3 is 1.83 bits per heavy atom. The van der Waals surface area contributed by atoms with E-state index in [9.17, 15) is 9.59 Å². The van der Waals surface area contributed by atoms with Gasteiger partial charge in [-0.3, -0.25) is 0 Å². The summed E-state index contributed by atoms with van der Waals surface area (Å²) in [5.41, 5.74) is 1.78. The molecule has 3 aromatic rings. The van der Waals surface area contributed by atoms with Gasteiger partial charge in [0.1, 0.15) is 23.0 Å². The number of carbonyl (C=O) groups is 2. The molecule has 0 aliphatic carbocycles. The van der Waals surface area contributed by atoms with Crippen molar-refractivity contribution in [3.63, 3.8) is 0 Å². The SMILES string of the molecule is C=CC(=O)Oc1ccc(/C=C/c2ccc(-c3ccc(OC(=O)C=C)cc3)o2)cc1. The molecule has 0 spiro atoms. The number of esters is 2. The van der Waals surface area contributed by atoms with E-state index in [-0.39, 0.29) is 0 Å². The van der Waals surface area contributed by atoms with E-state index in [0.717, 1.165) is 23.3 Å². The second-order valence-electron chi connectivity index (χ2n) is 5.88. The van der Waals surface area contributed by atoms with Crippen LogP contribution in [0.2, 0.25) is 0 Å². The van der Waals surface area contributed by atoms with Crippen LogP contribution in [0.1, 0.15) is 11.3 Å². The average molecular weight is 386 g/mol. The third kappa shape index (κ3) is 5.43. The number of hydrogen-bond donors (Lipinski definition) is 0. The number of ether oxygens (including phenoxy) is 2. The van der Waals surface area contributed by atoms with Crippen molar-refractivity contribution in [2.45, 2.75) is 0 Å². The molecule has 0 radical (unpaired) electrons. The monoisotopic (exact) mass is 386 g/mol. The summed E-state index contributed by atoms with van der Waals surface area (Å²) in [6, 6.07) is 17.8. The number of furan rings is 1. The van der Waals surface area contributed by atoms with E-state index in [0.29, 0.717) is 23.0 Å². The standard InChI is InChI=1S/C24H18O5/c1-3-23(25)28-20-11-6-17(7-12-20)5-10-19-15-16-22(27-19)18-8-13-21(14-9-18)29-24(26)4-2/h3-16H,1-2H2/b10-5+. The molecule has 0 saturated heterocycles. The van der Waals surface area contributed by atoms with Crippen LogP contribution in [0.5, 0.6) is 11.5 Å². The fourth-order valence-corrected chi connectivity index (χ4v) is 2.43. The Bertz CT molecular complexity index is 1050. The van der Waals surface area contributed by atoms with Gasteiger partial charge < -0.3 is 13.9 Å². The van der Waals surface area contributed by atoms with Crippen LogP contribution >= 0.6 is 0 Å². The fraction of sp³-hybridized carbons (Fsp3) is 0. The highest BCUT2D eigenvalue weighted by Gasteiger charge is 2.05. The smallest absolute Gasteiger partial charge is 0.335 e. The van der Waals surface area contributed by atoms with Gasteiger partial charge in [0.15, 0.2) is 0 Å². The van der Waals surface area contributed by atoms with Crippen molar-refractivity contribution >= 4 is 24.1 Å². The van der Waals surface area contributed by atoms with E-state index >= 15 is 0 Å². The highest BCUT2D eigenvalue weighted by Crippen LogP contribution is 2.25. The Morgan fingerprint density at radius 2 is 1.28 bits per heavy atom. The van der Waals surface area contributed by atoms with Gasteiger partial charge in [-0.05, 0) is 60.2 Å². The number of rotatable bonds is 7. The van der Waals surface area contributed by atoms with Gasteiger partial charge in [-0.25, -0.2) is 9.59 Å². The zero-order chi connectivity index (χ0) is 20.6. The highest BCUT2D eigenvalue weighted by atomic mass is 16.5. The molecule has 144 valence electrons. The van der Waals surface area contributed by atoms with Crippen LogP contribution in [0.4, 0.5) is 0 Å². The summed E-state index contributed by atoms with van der Waals surface area (Å²) in [7, 11) is 0. The topological polar surface area (TPSA) is 65.7 Å². The van der Waals surface area contributed by atoms with Gasteiger partial charge in [-0.2, -0.15) is 0 Å². The predicted molar refractivity (Wildman–Crippen MR) is 111 cm³/mol. The van der Waals surface area contributed by atoms with Crippen LogP contribution in [-0.2, 0) is 9.59 Å². The first-order valence-electron chi connectivity index (χ1n) is 8.74. The summed E-state index contributed by atoms with van der Waals surface area (Å²) >= 11 is 0. The lowest BCUT2D eigenvalue weighted by Gasteiger charge is -2.02. The van der Waals surface area contributed by atoms with Crippen molar-refractivity contribution in [1.29, 1.82) is 0 Å². The van der Waals surface area contributed by atoms with E-state index in [4.69, 9.17) is 13.9 Å². The molecule has 0 N–H and O–H groups in total. The summed E-state index contributed by atoms with van der Waals surface area (Å²) in [5.74, 6) is 1.27. The third-order valence-corrected chi connectivity index (χ3v) is 3.86. The normalized spacial score (nSPS) is 10.5. The third-order valence-electron chi connectivity index (χ3n) is 3.86. The first kappa shape index (κ1) is 19.6. The summed E-state index contributed by atoms with van der Waals surface area (Å²) in [6.45, 7) is 6.72. The molecule has 5 heteroatoms. The van der Waals surface area contributed by atoms with E-state index in [1.54, 1.807) is 36.4 Å². The minimum atomic E-state index is -0.505. The van der Waals surface area contributed by atoms with Gasteiger partial charge in [-0.1, -0.05) is 31.4 Å². The van der Waals surface area contributed by atoms with E-state index < -0.39 is 11.9 Å². The Morgan fingerprint density at radius 1 is 0.724 bits per heavy atom. The van der Waals surface area contributed by atoms with Gasteiger partial charge in [0, 0.05) is 17.7 Å². The molecule has 0 unspecified atom stereocenters. The van der Waals surface area contributed by atoms with E-state index in [2.05, 4.69) is 13.2 Å². The molecule has 0 aliphatic rings. The second-order valence-corrected chi connectivity index (χ2v) is 5.88. The predicted octanol–water partition coefficient (Wildman–Crippen LogP) is 5.30. The molecule has 1 aromatic heterocycles. The van der Waals surface area contributed by atoms with Gasteiger partial charge in [-0.15, -0.1) is 0 Å². The zero-order valence-corrected chi connectivity index (χ0v) is 15.5. The lowest BCUT2D eigenvalue weighted by Crippen LogP contribution is -2.02. The summed E-state index contributed by atoms with van der Waals surface area (Å²) in [5, 5.41) is 0. The molecule has 5 nitrogen and oxygen atoms in total. The van der Waals surface area contributed by atoms with Gasteiger partial charge in [0.05, 0.1) is 0 Å². The number of carbonyl (C=O) groups excluding carboxylic acids is 2. The molecule has 3 rings (SSSR count). The summed E-state index contributed by atoms with van der Waals surface area (Å²) in [6.07, 6.45) is 5.96. The molecule has 1 heterocycles. The van der Waals surface area contributed by atoms with Crippen LogP contribution in [0, 0.1) is 0 Å². The fourth-order valence-electron chi connectivity index (χ4n) is 2.43. The molecule has 0 fully saturated rings. The van der Waals surface area contributed by atoms with Gasteiger partial charge in [0.25, 0.3) is 0 Å². The first-order valence-corrected chi connectivity index (χ1v) is 8.74. The van der Waals surface area contributed by atoms with Crippen molar-refractivity contribution in [2.24, 2.45) is 0 Å². The van der Waals surface area contributed by atoms with E-state index in [1.807, 2.05) is 36.4 Å². The van der Waals surface area contributed by atoms with Crippen molar-refractivity contribution in [2.75, 3.05) is 0 Å². The highest BCUT2D eigenvalue weighted by molar-refractivity contribution is 5.84. The lowest BCUT2D eigenvalue weighted by atomic mass is 10.2. The molecule has 0 bridgehead atoms. The molecule has 2 aromatic carbocycles. The largest absolute Gasteiger partial charge is 0.457 e. The minimum Gasteiger partial charge on any atom is -0.457 e. The Kier molecular flexibility index (Phi) is 6.22. The van der Waals surface area contributed by atoms with Crippen molar-refractivity contribution in [3.8, 4) is 22.8 Å². The van der Waals surface area contributed by atoms with E-state index in [1.165, 1.54) is 0 Å². The average Bonchev–Trinajstić information content (AvgIpc) is 3.22. The van der Waals surface area contributed by atoms with Crippen LogP contribution in [-0.4, -0.2) is 11.9 Å². The Balaban J connectivity index is 1.65. The van der Waals surface area contributed by atoms with Crippen molar-refractivity contribution in [3.05, 3.63) is 97.3 Å². The van der Waals surface area contributed by atoms with Gasteiger partial charge >= 0.3 is 11.9 Å².